The molecule has 0 spiro atoms. The number of aromatic nitrogens is 1. The van der Waals surface area contributed by atoms with Crippen LogP contribution in [0.5, 0.6) is 0 Å². The number of pyridine rings is 1. The quantitative estimate of drug-likeness (QED) is 0.926. The summed E-state index contributed by atoms with van der Waals surface area (Å²) in [6.45, 7) is 5.10. The number of aryl methyl sites for hydroxylation is 1. The SMILES string of the molecule is Cc1cc(N2CCC(C(=O)NC3CCOC3)CC2)ncc1Cl. The third kappa shape index (κ3) is 3.52. The largest absolute Gasteiger partial charge is 0.379 e. The average molecular weight is 324 g/mol. The van der Waals surface area contributed by atoms with E-state index in [9.17, 15) is 4.79 Å². The Balaban J connectivity index is 1.53. The fraction of sp³-hybridized carbons (Fsp3) is 0.625. The molecule has 1 aromatic rings. The van der Waals surface area contributed by atoms with Gasteiger partial charge in [-0.25, -0.2) is 4.98 Å². The second-order valence-corrected chi connectivity index (χ2v) is 6.53. The summed E-state index contributed by atoms with van der Waals surface area (Å²) >= 11 is 6.02. The van der Waals surface area contributed by atoms with E-state index < -0.39 is 0 Å². The molecule has 1 aromatic heterocycles. The van der Waals surface area contributed by atoms with E-state index in [-0.39, 0.29) is 17.9 Å². The van der Waals surface area contributed by atoms with Crippen molar-refractivity contribution in [2.24, 2.45) is 5.92 Å². The van der Waals surface area contributed by atoms with Crippen LogP contribution in [0.4, 0.5) is 5.82 Å². The van der Waals surface area contributed by atoms with Gasteiger partial charge in [-0.1, -0.05) is 11.6 Å². The monoisotopic (exact) mass is 323 g/mol. The number of anilines is 1. The molecule has 0 saturated carbocycles. The third-order valence-electron chi connectivity index (χ3n) is 4.50. The molecule has 1 N–H and O–H groups in total. The van der Waals surface area contributed by atoms with Crippen LogP contribution in [-0.2, 0) is 9.53 Å². The molecule has 0 radical (unpaired) electrons. The number of nitrogens with one attached hydrogen (secondary N) is 1. The maximum absolute atomic E-state index is 12.3. The molecule has 6 heteroatoms. The summed E-state index contributed by atoms with van der Waals surface area (Å²) in [5, 5.41) is 3.80. The number of halogens is 1. The van der Waals surface area contributed by atoms with Gasteiger partial charge in [-0.3, -0.25) is 4.79 Å². The number of piperidine rings is 1. The van der Waals surface area contributed by atoms with E-state index in [1.54, 1.807) is 6.20 Å². The Kier molecular flexibility index (Phi) is 4.84. The molecule has 0 aliphatic carbocycles. The number of hydrogen-bond donors (Lipinski definition) is 1. The van der Waals surface area contributed by atoms with Gasteiger partial charge in [-0.05, 0) is 37.8 Å². The minimum absolute atomic E-state index is 0.102. The van der Waals surface area contributed by atoms with Gasteiger partial charge in [-0.15, -0.1) is 0 Å². The van der Waals surface area contributed by atoms with Crippen LogP contribution in [-0.4, -0.2) is 43.2 Å². The van der Waals surface area contributed by atoms with Crippen molar-refractivity contribution in [3.63, 3.8) is 0 Å². The predicted octanol–water partition coefficient (Wildman–Crippen LogP) is 2.16. The van der Waals surface area contributed by atoms with Crippen molar-refractivity contribution in [2.75, 3.05) is 31.2 Å². The molecular formula is C16H22ClN3O2. The van der Waals surface area contributed by atoms with E-state index >= 15 is 0 Å². The highest BCUT2D eigenvalue weighted by molar-refractivity contribution is 6.31. The molecule has 5 nitrogen and oxygen atoms in total. The highest BCUT2D eigenvalue weighted by Gasteiger charge is 2.28. The van der Waals surface area contributed by atoms with Crippen molar-refractivity contribution >= 4 is 23.3 Å². The van der Waals surface area contributed by atoms with Crippen molar-refractivity contribution in [2.45, 2.75) is 32.2 Å². The van der Waals surface area contributed by atoms with Crippen molar-refractivity contribution in [3.8, 4) is 0 Å². The molecule has 2 fully saturated rings. The average Bonchev–Trinajstić information content (AvgIpc) is 3.03. The second-order valence-electron chi connectivity index (χ2n) is 6.12. The molecule has 3 rings (SSSR count). The summed E-state index contributed by atoms with van der Waals surface area (Å²) in [4.78, 5) is 18.9. The van der Waals surface area contributed by atoms with Crippen LogP contribution in [0.1, 0.15) is 24.8 Å². The summed E-state index contributed by atoms with van der Waals surface area (Å²) in [6, 6.07) is 2.21. The molecule has 1 atom stereocenters. The third-order valence-corrected chi connectivity index (χ3v) is 4.89. The first-order chi connectivity index (χ1) is 10.6. The highest BCUT2D eigenvalue weighted by atomic mass is 35.5. The Bertz CT molecular complexity index is 538. The van der Waals surface area contributed by atoms with Gasteiger partial charge in [0.2, 0.25) is 5.91 Å². The lowest BCUT2D eigenvalue weighted by molar-refractivity contribution is -0.126. The fourth-order valence-corrected chi connectivity index (χ4v) is 3.14. The first-order valence-electron chi connectivity index (χ1n) is 7.88. The molecule has 0 aromatic carbocycles. The van der Waals surface area contributed by atoms with E-state index in [1.165, 1.54) is 0 Å². The summed E-state index contributed by atoms with van der Waals surface area (Å²) < 4.78 is 5.30. The van der Waals surface area contributed by atoms with E-state index in [2.05, 4.69) is 15.2 Å². The topological polar surface area (TPSA) is 54.5 Å². The fourth-order valence-electron chi connectivity index (χ4n) is 3.04. The smallest absolute Gasteiger partial charge is 0.223 e. The maximum atomic E-state index is 12.3. The van der Waals surface area contributed by atoms with Gasteiger partial charge >= 0.3 is 0 Å². The van der Waals surface area contributed by atoms with E-state index in [1.807, 2.05) is 13.0 Å². The van der Waals surface area contributed by atoms with E-state index in [0.717, 1.165) is 50.3 Å². The van der Waals surface area contributed by atoms with Gasteiger partial charge in [0.15, 0.2) is 0 Å². The van der Waals surface area contributed by atoms with Gasteiger partial charge in [0.05, 0.1) is 17.7 Å². The Hall–Kier alpha value is -1.33. The van der Waals surface area contributed by atoms with Crippen molar-refractivity contribution in [1.29, 1.82) is 0 Å². The number of amides is 1. The van der Waals surface area contributed by atoms with Crippen LogP contribution < -0.4 is 10.2 Å². The zero-order valence-corrected chi connectivity index (χ0v) is 13.6. The first kappa shape index (κ1) is 15.6. The van der Waals surface area contributed by atoms with Gasteiger partial charge in [0, 0.05) is 31.8 Å². The number of rotatable bonds is 3. The van der Waals surface area contributed by atoms with Crippen LogP contribution >= 0.6 is 11.6 Å². The normalized spacial score (nSPS) is 22.8. The predicted molar refractivity (Wildman–Crippen MR) is 86.3 cm³/mol. The Morgan fingerprint density at radius 2 is 2.18 bits per heavy atom. The number of nitrogens with zero attached hydrogens (tertiary/aromatic N) is 2. The minimum atomic E-state index is 0.102. The summed E-state index contributed by atoms with van der Waals surface area (Å²) in [7, 11) is 0. The lowest BCUT2D eigenvalue weighted by Gasteiger charge is -2.32. The zero-order valence-electron chi connectivity index (χ0n) is 12.8. The maximum Gasteiger partial charge on any atom is 0.223 e. The van der Waals surface area contributed by atoms with Crippen LogP contribution in [0.25, 0.3) is 0 Å². The molecule has 22 heavy (non-hydrogen) atoms. The standard InChI is InChI=1S/C16H22ClN3O2/c1-11-8-15(18-9-14(11)17)20-5-2-12(3-6-20)16(21)19-13-4-7-22-10-13/h8-9,12-13H,2-7,10H2,1H3,(H,19,21). The van der Waals surface area contributed by atoms with E-state index in [0.29, 0.717) is 11.6 Å². The van der Waals surface area contributed by atoms with Gasteiger partial charge in [0.25, 0.3) is 0 Å². The van der Waals surface area contributed by atoms with Crippen LogP contribution in [0.2, 0.25) is 5.02 Å². The molecule has 2 saturated heterocycles. The molecule has 2 aliphatic rings. The lowest BCUT2D eigenvalue weighted by Crippen LogP contribution is -2.44. The van der Waals surface area contributed by atoms with Crippen molar-refractivity contribution in [3.05, 3.63) is 22.8 Å². The van der Waals surface area contributed by atoms with Crippen LogP contribution in [0.15, 0.2) is 12.3 Å². The molecule has 2 aliphatic heterocycles. The van der Waals surface area contributed by atoms with Crippen molar-refractivity contribution in [1.82, 2.24) is 10.3 Å². The molecule has 3 heterocycles. The second kappa shape index (κ2) is 6.84. The molecule has 1 amide bonds. The van der Waals surface area contributed by atoms with Gasteiger partial charge in [-0.2, -0.15) is 0 Å². The first-order valence-corrected chi connectivity index (χ1v) is 8.26. The summed E-state index contributed by atoms with van der Waals surface area (Å²) in [5.74, 6) is 1.23. The Morgan fingerprint density at radius 3 is 2.82 bits per heavy atom. The van der Waals surface area contributed by atoms with Gasteiger partial charge in [0.1, 0.15) is 5.82 Å². The zero-order chi connectivity index (χ0) is 15.5. The van der Waals surface area contributed by atoms with Gasteiger partial charge < -0.3 is 15.0 Å². The minimum Gasteiger partial charge on any atom is -0.379 e. The Labute approximate surface area is 136 Å². The summed E-state index contributed by atoms with van der Waals surface area (Å²) in [6.07, 6.45) is 4.36. The Morgan fingerprint density at radius 1 is 1.41 bits per heavy atom. The van der Waals surface area contributed by atoms with E-state index in [4.69, 9.17) is 16.3 Å². The highest BCUT2D eigenvalue weighted by Crippen LogP contribution is 2.25. The van der Waals surface area contributed by atoms with Crippen molar-refractivity contribution < 1.29 is 9.53 Å². The number of carbonyl (C=O) groups is 1. The number of ether oxygens (including phenoxy) is 1. The van der Waals surface area contributed by atoms with Crippen LogP contribution in [0.3, 0.4) is 0 Å². The van der Waals surface area contributed by atoms with Crippen LogP contribution in [0, 0.1) is 12.8 Å². The molecule has 120 valence electrons. The molecular weight excluding hydrogens is 302 g/mol. The summed E-state index contributed by atoms with van der Waals surface area (Å²) in [5.41, 5.74) is 1.03. The number of hydrogen-bond acceptors (Lipinski definition) is 4. The molecule has 1 unspecified atom stereocenters. The lowest BCUT2D eigenvalue weighted by atomic mass is 9.95. The molecule has 0 bridgehead atoms. The number of carbonyl (C=O) groups excluding carboxylic acids is 1.